The minimum Gasteiger partial charge on any atom is -0.394 e. The third kappa shape index (κ3) is 3.06. The van der Waals surface area contributed by atoms with Crippen LogP contribution in [0.25, 0.3) is 17.0 Å². The Kier molecular flexibility index (Phi) is 4.53. The Morgan fingerprint density at radius 1 is 1.00 bits per heavy atom. The Labute approximate surface area is 162 Å². The molecule has 0 bridgehead atoms. The summed E-state index contributed by atoms with van der Waals surface area (Å²) in [7, 11) is 0. The number of ether oxygens (including phenoxy) is 1. The highest BCUT2D eigenvalue weighted by Crippen LogP contribution is 2.26. The SMILES string of the molecule is OC[C@@H]1CCCN1c1nc(N2CCOCC2)nc(-n2cnc3ccccc32)n1. The number of hydrogen-bond acceptors (Lipinski definition) is 8. The smallest absolute Gasteiger partial charge is 0.242 e. The van der Waals surface area contributed by atoms with Crippen LogP contribution in [0.5, 0.6) is 0 Å². The Balaban J connectivity index is 1.62. The number of imidazole rings is 1. The van der Waals surface area contributed by atoms with E-state index in [2.05, 4.69) is 14.8 Å². The summed E-state index contributed by atoms with van der Waals surface area (Å²) in [5, 5.41) is 9.76. The van der Waals surface area contributed by atoms with Crippen molar-refractivity contribution in [2.45, 2.75) is 18.9 Å². The summed E-state index contributed by atoms with van der Waals surface area (Å²) < 4.78 is 7.37. The van der Waals surface area contributed by atoms with Crippen molar-refractivity contribution in [2.75, 3.05) is 49.3 Å². The first-order valence-corrected chi connectivity index (χ1v) is 9.72. The van der Waals surface area contributed by atoms with Crippen LogP contribution < -0.4 is 9.80 Å². The number of para-hydroxylation sites is 2. The van der Waals surface area contributed by atoms with E-state index in [0.717, 1.165) is 43.5 Å². The van der Waals surface area contributed by atoms with E-state index in [1.54, 1.807) is 6.33 Å². The normalized spacial score (nSPS) is 20.2. The summed E-state index contributed by atoms with van der Waals surface area (Å²) in [5.74, 6) is 1.80. The standard InChI is InChI=1S/C19H23N7O2/c27-12-14-4-3-7-25(14)18-21-17(24-8-10-28-11-9-24)22-19(23-18)26-13-20-15-5-1-2-6-16(15)26/h1-2,5-6,13-14,27H,3-4,7-12H2/t14-/m0/s1. The first kappa shape index (κ1) is 17.3. The Morgan fingerprint density at radius 3 is 2.64 bits per heavy atom. The number of rotatable bonds is 4. The van der Waals surface area contributed by atoms with E-state index in [0.29, 0.717) is 31.1 Å². The number of aromatic nitrogens is 5. The van der Waals surface area contributed by atoms with Crippen LogP contribution in [-0.4, -0.2) is 75.1 Å². The molecule has 9 heteroatoms. The molecule has 1 aromatic carbocycles. The van der Waals surface area contributed by atoms with E-state index in [1.807, 2.05) is 28.8 Å². The fourth-order valence-electron chi connectivity index (χ4n) is 3.89. The van der Waals surface area contributed by atoms with Crippen molar-refractivity contribution in [1.29, 1.82) is 0 Å². The van der Waals surface area contributed by atoms with Gasteiger partial charge in [-0.15, -0.1) is 0 Å². The number of fused-ring (bicyclic) bond motifs is 1. The Morgan fingerprint density at radius 2 is 1.79 bits per heavy atom. The molecular weight excluding hydrogens is 358 g/mol. The van der Waals surface area contributed by atoms with Crippen LogP contribution in [0, 0.1) is 0 Å². The molecule has 0 aliphatic carbocycles. The zero-order valence-electron chi connectivity index (χ0n) is 15.6. The van der Waals surface area contributed by atoms with E-state index in [1.165, 1.54) is 0 Å². The largest absolute Gasteiger partial charge is 0.394 e. The molecule has 9 nitrogen and oxygen atoms in total. The number of aliphatic hydroxyl groups excluding tert-OH is 1. The van der Waals surface area contributed by atoms with Crippen LogP contribution >= 0.6 is 0 Å². The molecule has 0 spiro atoms. The molecule has 2 saturated heterocycles. The molecule has 28 heavy (non-hydrogen) atoms. The number of anilines is 2. The topological polar surface area (TPSA) is 92.4 Å². The van der Waals surface area contributed by atoms with Gasteiger partial charge in [0.25, 0.3) is 0 Å². The van der Waals surface area contributed by atoms with Crippen molar-refractivity contribution in [1.82, 2.24) is 24.5 Å². The molecule has 2 fully saturated rings. The highest BCUT2D eigenvalue weighted by Gasteiger charge is 2.28. The number of nitrogens with zero attached hydrogens (tertiary/aromatic N) is 7. The predicted octanol–water partition coefficient (Wildman–Crippen LogP) is 1.01. The first-order valence-electron chi connectivity index (χ1n) is 9.72. The molecule has 0 radical (unpaired) electrons. The average molecular weight is 381 g/mol. The molecule has 5 rings (SSSR count). The van der Waals surface area contributed by atoms with E-state index < -0.39 is 0 Å². The molecule has 0 saturated carbocycles. The fourth-order valence-corrected chi connectivity index (χ4v) is 3.89. The average Bonchev–Trinajstić information content (AvgIpc) is 3.41. The van der Waals surface area contributed by atoms with Gasteiger partial charge in [-0.3, -0.25) is 4.57 Å². The van der Waals surface area contributed by atoms with Gasteiger partial charge in [-0.05, 0) is 25.0 Å². The Hall–Kier alpha value is -2.78. The van der Waals surface area contributed by atoms with Crippen LogP contribution in [0.3, 0.4) is 0 Å². The van der Waals surface area contributed by atoms with Gasteiger partial charge in [0.15, 0.2) is 0 Å². The molecule has 2 aliphatic rings. The molecule has 2 aromatic heterocycles. The summed E-state index contributed by atoms with van der Waals surface area (Å²) in [5.41, 5.74) is 1.85. The van der Waals surface area contributed by atoms with Gasteiger partial charge in [-0.2, -0.15) is 15.0 Å². The second kappa shape index (κ2) is 7.33. The van der Waals surface area contributed by atoms with E-state index in [9.17, 15) is 5.11 Å². The van der Waals surface area contributed by atoms with Crippen LogP contribution in [-0.2, 0) is 4.74 Å². The number of morpholine rings is 1. The quantitative estimate of drug-likeness (QED) is 0.716. The maximum Gasteiger partial charge on any atom is 0.242 e. The van der Waals surface area contributed by atoms with Gasteiger partial charge < -0.3 is 19.6 Å². The van der Waals surface area contributed by atoms with Crippen molar-refractivity contribution in [3.8, 4) is 5.95 Å². The van der Waals surface area contributed by atoms with Crippen molar-refractivity contribution < 1.29 is 9.84 Å². The summed E-state index contributed by atoms with van der Waals surface area (Å²) in [4.78, 5) is 23.0. The number of benzene rings is 1. The highest BCUT2D eigenvalue weighted by atomic mass is 16.5. The summed E-state index contributed by atoms with van der Waals surface area (Å²) in [6.07, 6.45) is 3.71. The predicted molar refractivity (Wildman–Crippen MR) is 105 cm³/mol. The second-order valence-corrected chi connectivity index (χ2v) is 7.11. The third-order valence-corrected chi connectivity index (χ3v) is 5.41. The monoisotopic (exact) mass is 381 g/mol. The number of hydrogen-bond donors (Lipinski definition) is 1. The van der Waals surface area contributed by atoms with E-state index in [4.69, 9.17) is 19.7 Å². The van der Waals surface area contributed by atoms with Crippen LogP contribution in [0.4, 0.5) is 11.9 Å². The van der Waals surface area contributed by atoms with E-state index >= 15 is 0 Å². The lowest BCUT2D eigenvalue weighted by atomic mass is 10.2. The van der Waals surface area contributed by atoms with Crippen LogP contribution in [0.15, 0.2) is 30.6 Å². The lowest BCUT2D eigenvalue weighted by molar-refractivity contribution is 0.122. The summed E-state index contributed by atoms with van der Waals surface area (Å²) in [6, 6.07) is 7.97. The van der Waals surface area contributed by atoms with Gasteiger partial charge in [-0.25, -0.2) is 4.98 Å². The fraction of sp³-hybridized carbons (Fsp3) is 0.474. The van der Waals surface area contributed by atoms with Gasteiger partial charge >= 0.3 is 0 Å². The van der Waals surface area contributed by atoms with Crippen LogP contribution in [0.2, 0.25) is 0 Å². The van der Waals surface area contributed by atoms with Crippen molar-refractivity contribution >= 4 is 22.9 Å². The molecule has 146 valence electrons. The van der Waals surface area contributed by atoms with Crippen molar-refractivity contribution in [3.05, 3.63) is 30.6 Å². The second-order valence-electron chi connectivity index (χ2n) is 7.11. The maximum atomic E-state index is 9.76. The molecular formula is C19H23N7O2. The molecule has 2 aliphatic heterocycles. The maximum absolute atomic E-state index is 9.76. The van der Waals surface area contributed by atoms with Crippen LogP contribution in [0.1, 0.15) is 12.8 Å². The molecule has 0 amide bonds. The summed E-state index contributed by atoms with van der Waals surface area (Å²) in [6.45, 7) is 3.75. The van der Waals surface area contributed by atoms with Gasteiger partial charge in [0.05, 0.1) is 36.9 Å². The van der Waals surface area contributed by atoms with Gasteiger partial charge in [-0.1, -0.05) is 12.1 Å². The Bertz CT molecular complexity index is 970. The molecule has 1 N–H and O–H groups in total. The van der Waals surface area contributed by atoms with Gasteiger partial charge in [0, 0.05) is 19.6 Å². The van der Waals surface area contributed by atoms with E-state index in [-0.39, 0.29) is 12.6 Å². The van der Waals surface area contributed by atoms with Gasteiger partial charge in [0.2, 0.25) is 17.8 Å². The highest BCUT2D eigenvalue weighted by molar-refractivity contribution is 5.76. The first-order chi connectivity index (χ1) is 13.8. The zero-order chi connectivity index (χ0) is 18.9. The molecule has 3 aromatic rings. The molecule has 0 unspecified atom stereocenters. The lowest BCUT2D eigenvalue weighted by Crippen LogP contribution is -2.39. The minimum absolute atomic E-state index is 0.0484. The molecule has 4 heterocycles. The zero-order valence-corrected chi connectivity index (χ0v) is 15.6. The minimum atomic E-state index is 0.0484. The number of aliphatic hydroxyl groups is 1. The summed E-state index contributed by atoms with van der Waals surface area (Å²) >= 11 is 0. The van der Waals surface area contributed by atoms with Crippen molar-refractivity contribution in [3.63, 3.8) is 0 Å². The molecule has 1 atom stereocenters. The third-order valence-electron chi connectivity index (χ3n) is 5.41. The van der Waals surface area contributed by atoms with Gasteiger partial charge in [0.1, 0.15) is 6.33 Å². The lowest BCUT2D eigenvalue weighted by Gasteiger charge is -2.29. The van der Waals surface area contributed by atoms with Crippen molar-refractivity contribution in [2.24, 2.45) is 0 Å².